The van der Waals surface area contributed by atoms with E-state index in [0.717, 1.165) is 31.7 Å². The molecule has 1 aromatic carbocycles. The van der Waals surface area contributed by atoms with Crippen molar-refractivity contribution in [3.63, 3.8) is 0 Å². The number of nitrogens with two attached hydrogens (primary N) is 1. The van der Waals surface area contributed by atoms with Gasteiger partial charge in [0.15, 0.2) is 0 Å². The number of rotatable bonds is 6. The van der Waals surface area contributed by atoms with Crippen molar-refractivity contribution in [2.45, 2.75) is 25.8 Å². The molecule has 5 nitrogen and oxygen atoms in total. The number of halogens is 1. The number of hydrogen-bond acceptors (Lipinski definition) is 4. The topological polar surface area (TPSA) is 64.8 Å². The summed E-state index contributed by atoms with van der Waals surface area (Å²) in [6, 6.07) is 7.51. The van der Waals surface area contributed by atoms with E-state index >= 15 is 0 Å². The summed E-state index contributed by atoms with van der Waals surface area (Å²) in [7, 11) is 1.64. The lowest BCUT2D eigenvalue weighted by atomic mass is 9.90. The molecule has 1 atom stereocenters. The number of ether oxygens (including phenoxy) is 2. The lowest BCUT2D eigenvalue weighted by Crippen LogP contribution is -2.42. The van der Waals surface area contributed by atoms with Gasteiger partial charge in [0.25, 0.3) is 5.91 Å². The highest BCUT2D eigenvalue weighted by Gasteiger charge is 2.25. The minimum absolute atomic E-state index is 0. The fourth-order valence-electron chi connectivity index (χ4n) is 2.75. The van der Waals surface area contributed by atoms with Gasteiger partial charge in [0.2, 0.25) is 0 Å². The zero-order chi connectivity index (χ0) is 15.9. The number of piperidine rings is 1. The largest absolute Gasteiger partial charge is 0.491 e. The first-order valence-electron chi connectivity index (χ1n) is 7.88. The van der Waals surface area contributed by atoms with Crippen molar-refractivity contribution in [1.82, 2.24) is 4.90 Å². The van der Waals surface area contributed by atoms with E-state index in [-0.39, 0.29) is 24.4 Å². The Morgan fingerprint density at radius 2 is 1.87 bits per heavy atom. The summed E-state index contributed by atoms with van der Waals surface area (Å²) in [6.07, 6.45) is 1.98. The van der Waals surface area contributed by atoms with Crippen molar-refractivity contribution < 1.29 is 14.3 Å². The maximum atomic E-state index is 12.5. The summed E-state index contributed by atoms with van der Waals surface area (Å²) in [5.74, 6) is 1.37. The van der Waals surface area contributed by atoms with Crippen LogP contribution in [-0.4, -0.2) is 50.3 Å². The van der Waals surface area contributed by atoms with Crippen LogP contribution < -0.4 is 10.5 Å². The van der Waals surface area contributed by atoms with E-state index in [9.17, 15) is 4.79 Å². The van der Waals surface area contributed by atoms with Crippen molar-refractivity contribution in [3.05, 3.63) is 29.8 Å². The number of methoxy groups -OCH3 is 1. The van der Waals surface area contributed by atoms with Crippen LogP contribution in [0.4, 0.5) is 0 Å². The lowest BCUT2D eigenvalue weighted by Gasteiger charge is -2.33. The van der Waals surface area contributed by atoms with Gasteiger partial charge in [-0.3, -0.25) is 4.79 Å². The molecule has 1 amide bonds. The molecular formula is C17H27ClN2O3. The second kappa shape index (κ2) is 9.75. The monoisotopic (exact) mass is 342 g/mol. The van der Waals surface area contributed by atoms with Crippen molar-refractivity contribution in [3.8, 4) is 5.75 Å². The molecule has 0 radical (unpaired) electrons. The first-order chi connectivity index (χ1) is 10.6. The molecule has 2 rings (SSSR count). The minimum Gasteiger partial charge on any atom is -0.491 e. The quantitative estimate of drug-likeness (QED) is 0.806. The Balaban J connectivity index is 0.00000264. The number of carbonyl (C=O) groups is 1. The van der Waals surface area contributed by atoms with Crippen LogP contribution in [0.3, 0.4) is 0 Å². The van der Waals surface area contributed by atoms with Gasteiger partial charge < -0.3 is 20.1 Å². The number of nitrogens with zero attached hydrogens (tertiary/aromatic N) is 1. The fourth-order valence-corrected chi connectivity index (χ4v) is 2.75. The van der Waals surface area contributed by atoms with Crippen LogP contribution in [0.25, 0.3) is 0 Å². The van der Waals surface area contributed by atoms with Gasteiger partial charge in [-0.2, -0.15) is 0 Å². The van der Waals surface area contributed by atoms with E-state index in [4.69, 9.17) is 15.2 Å². The van der Waals surface area contributed by atoms with Crippen molar-refractivity contribution in [2.24, 2.45) is 11.7 Å². The van der Waals surface area contributed by atoms with E-state index in [1.54, 1.807) is 7.11 Å². The normalized spacial score (nSPS) is 16.6. The number of likely N-dealkylation sites (tertiary alicyclic amines) is 1. The van der Waals surface area contributed by atoms with Crippen LogP contribution in [0.15, 0.2) is 24.3 Å². The predicted molar refractivity (Wildman–Crippen MR) is 93.3 cm³/mol. The predicted octanol–water partition coefficient (Wildman–Crippen LogP) is 2.33. The number of benzene rings is 1. The molecule has 1 aliphatic rings. The molecule has 0 bridgehead atoms. The Bertz CT molecular complexity index is 471. The van der Waals surface area contributed by atoms with Crippen molar-refractivity contribution in [2.75, 3.05) is 33.4 Å². The average Bonchev–Trinajstić information content (AvgIpc) is 2.55. The van der Waals surface area contributed by atoms with Crippen LogP contribution in [0.5, 0.6) is 5.75 Å². The fraction of sp³-hybridized carbons (Fsp3) is 0.588. The maximum Gasteiger partial charge on any atom is 0.253 e. The number of carbonyl (C=O) groups excluding carboxylic acids is 1. The average molecular weight is 343 g/mol. The highest BCUT2D eigenvalue weighted by atomic mass is 35.5. The van der Waals surface area contributed by atoms with Crippen LogP contribution in [0, 0.1) is 5.92 Å². The molecule has 1 heterocycles. The minimum atomic E-state index is 0. The molecule has 2 N–H and O–H groups in total. The molecule has 23 heavy (non-hydrogen) atoms. The molecule has 1 saturated heterocycles. The van der Waals surface area contributed by atoms with Gasteiger partial charge in [0.1, 0.15) is 12.4 Å². The number of hydrogen-bond donors (Lipinski definition) is 1. The summed E-state index contributed by atoms with van der Waals surface area (Å²) in [6.45, 7) is 4.68. The Hall–Kier alpha value is -1.30. The molecule has 6 heteroatoms. The van der Waals surface area contributed by atoms with Crippen molar-refractivity contribution in [1.29, 1.82) is 0 Å². The third kappa shape index (κ3) is 5.68. The van der Waals surface area contributed by atoms with Gasteiger partial charge in [-0.15, -0.1) is 12.4 Å². The van der Waals surface area contributed by atoms with Gasteiger partial charge >= 0.3 is 0 Å². The number of amides is 1. The van der Waals surface area contributed by atoms with Crippen molar-refractivity contribution >= 4 is 18.3 Å². The molecule has 0 aromatic heterocycles. The van der Waals surface area contributed by atoms with Gasteiger partial charge in [-0.25, -0.2) is 0 Å². The zero-order valence-electron chi connectivity index (χ0n) is 13.9. The first-order valence-corrected chi connectivity index (χ1v) is 7.88. The Morgan fingerprint density at radius 1 is 1.26 bits per heavy atom. The smallest absolute Gasteiger partial charge is 0.253 e. The Kier molecular flexibility index (Phi) is 8.37. The van der Waals surface area contributed by atoms with Gasteiger partial charge in [-0.1, -0.05) is 0 Å². The van der Waals surface area contributed by atoms with Gasteiger partial charge in [0.05, 0.1) is 6.61 Å². The summed E-state index contributed by atoms with van der Waals surface area (Å²) < 4.78 is 10.4. The van der Waals surface area contributed by atoms with Gasteiger partial charge in [0, 0.05) is 31.8 Å². The Morgan fingerprint density at radius 3 is 2.39 bits per heavy atom. The highest BCUT2D eigenvalue weighted by molar-refractivity contribution is 5.94. The molecule has 0 saturated carbocycles. The standard InChI is InChI=1S/C17H26N2O3.ClH/c1-13(18)14-7-9-19(10-8-14)17(20)15-3-5-16(6-4-15)22-12-11-21-2;/h3-6,13-14H,7-12,18H2,1-2H3;1H. The summed E-state index contributed by atoms with van der Waals surface area (Å²) >= 11 is 0. The summed E-state index contributed by atoms with van der Waals surface area (Å²) in [5.41, 5.74) is 6.65. The van der Waals surface area contributed by atoms with E-state index in [2.05, 4.69) is 0 Å². The maximum absolute atomic E-state index is 12.5. The second-order valence-corrected chi connectivity index (χ2v) is 5.85. The first kappa shape index (κ1) is 19.7. The summed E-state index contributed by atoms with van der Waals surface area (Å²) in [5, 5.41) is 0. The molecular weight excluding hydrogens is 316 g/mol. The highest BCUT2D eigenvalue weighted by Crippen LogP contribution is 2.21. The van der Waals surface area contributed by atoms with E-state index < -0.39 is 0 Å². The van der Waals surface area contributed by atoms with Crippen LogP contribution >= 0.6 is 12.4 Å². The molecule has 0 aliphatic carbocycles. The molecule has 130 valence electrons. The Labute approximate surface area is 144 Å². The van der Waals surface area contributed by atoms with Crippen LogP contribution in [0.1, 0.15) is 30.1 Å². The third-order valence-corrected chi connectivity index (χ3v) is 4.23. The van der Waals surface area contributed by atoms with E-state index in [1.807, 2.05) is 36.1 Å². The van der Waals surface area contributed by atoms with Gasteiger partial charge in [-0.05, 0) is 49.9 Å². The van der Waals surface area contributed by atoms with Crippen LogP contribution in [-0.2, 0) is 4.74 Å². The van der Waals surface area contributed by atoms with E-state index in [0.29, 0.717) is 24.7 Å². The second-order valence-electron chi connectivity index (χ2n) is 5.85. The molecule has 1 aromatic rings. The summed E-state index contributed by atoms with van der Waals surface area (Å²) in [4.78, 5) is 14.4. The van der Waals surface area contributed by atoms with E-state index in [1.165, 1.54) is 0 Å². The third-order valence-electron chi connectivity index (χ3n) is 4.23. The lowest BCUT2D eigenvalue weighted by molar-refractivity contribution is 0.0681. The van der Waals surface area contributed by atoms with Crippen LogP contribution in [0.2, 0.25) is 0 Å². The molecule has 0 spiro atoms. The molecule has 1 fully saturated rings. The zero-order valence-corrected chi connectivity index (χ0v) is 14.7. The molecule has 1 unspecified atom stereocenters. The molecule has 1 aliphatic heterocycles. The SMILES string of the molecule is COCCOc1ccc(C(=O)N2CCC(C(C)N)CC2)cc1.Cl.